The number of aromatic nitrogens is 1. The standard InChI is InChI=1S/C9H12N2OS/c1-7-3-2-5-11(7)9(12)8-10-4-6-13-8/h4,6-7H,2-3,5H2,1H3. The van der Waals surface area contributed by atoms with E-state index in [4.69, 9.17) is 0 Å². The fourth-order valence-corrected chi connectivity index (χ4v) is 2.28. The van der Waals surface area contributed by atoms with Crippen LogP contribution in [-0.4, -0.2) is 28.4 Å². The normalized spacial score (nSPS) is 22.2. The SMILES string of the molecule is CC1CCCN1C(=O)c1nccs1. The zero-order valence-electron chi connectivity index (χ0n) is 7.56. The van der Waals surface area contributed by atoms with Gasteiger partial charge in [0.15, 0.2) is 5.01 Å². The van der Waals surface area contributed by atoms with Crippen LogP contribution < -0.4 is 0 Å². The van der Waals surface area contributed by atoms with Crippen LogP contribution in [0.3, 0.4) is 0 Å². The molecule has 13 heavy (non-hydrogen) atoms. The maximum atomic E-state index is 11.8. The molecule has 1 aromatic rings. The van der Waals surface area contributed by atoms with Gasteiger partial charge in [0.25, 0.3) is 5.91 Å². The van der Waals surface area contributed by atoms with Crippen LogP contribution in [0.2, 0.25) is 0 Å². The molecule has 2 heterocycles. The van der Waals surface area contributed by atoms with E-state index in [9.17, 15) is 4.79 Å². The van der Waals surface area contributed by atoms with Gasteiger partial charge in [0.2, 0.25) is 0 Å². The lowest BCUT2D eigenvalue weighted by atomic mass is 10.2. The third-order valence-corrected chi connectivity index (χ3v) is 3.19. The molecule has 1 amide bonds. The van der Waals surface area contributed by atoms with Crippen LogP contribution in [0.15, 0.2) is 11.6 Å². The zero-order chi connectivity index (χ0) is 9.26. The number of hydrogen-bond acceptors (Lipinski definition) is 3. The van der Waals surface area contributed by atoms with Crippen LogP contribution in [0.25, 0.3) is 0 Å². The summed E-state index contributed by atoms with van der Waals surface area (Å²) in [5.41, 5.74) is 0. The highest BCUT2D eigenvalue weighted by Gasteiger charge is 2.26. The lowest BCUT2D eigenvalue weighted by Crippen LogP contribution is -2.33. The topological polar surface area (TPSA) is 33.2 Å². The molecule has 2 rings (SSSR count). The molecule has 4 heteroatoms. The van der Waals surface area contributed by atoms with Gasteiger partial charge in [-0.15, -0.1) is 11.3 Å². The Labute approximate surface area is 81.4 Å². The maximum absolute atomic E-state index is 11.8. The van der Waals surface area contributed by atoms with Crippen molar-refractivity contribution in [1.82, 2.24) is 9.88 Å². The molecule has 1 aliphatic rings. The lowest BCUT2D eigenvalue weighted by Gasteiger charge is -2.19. The van der Waals surface area contributed by atoms with Crippen LogP contribution in [0.4, 0.5) is 0 Å². The van der Waals surface area contributed by atoms with Gasteiger partial charge in [-0.3, -0.25) is 4.79 Å². The van der Waals surface area contributed by atoms with Crippen LogP contribution >= 0.6 is 11.3 Å². The second kappa shape index (κ2) is 3.46. The fraction of sp³-hybridized carbons (Fsp3) is 0.556. The van der Waals surface area contributed by atoms with Crippen molar-refractivity contribution in [1.29, 1.82) is 0 Å². The van der Waals surface area contributed by atoms with Crippen LogP contribution in [-0.2, 0) is 0 Å². The van der Waals surface area contributed by atoms with Crippen LogP contribution in [0, 0.1) is 0 Å². The van der Waals surface area contributed by atoms with Crippen molar-refractivity contribution in [2.75, 3.05) is 6.54 Å². The van der Waals surface area contributed by atoms with E-state index in [2.05, 4.69) is 11.9 Å². The summed E-state index contributed by atoms with van der Waals surface area (Å²) in [5.74, 6) is 0.0972. The Kier molecular flexibility index (Phi) is 2.31. The largest absolute Gasteiger partial charge is 0.334 e. The van der Waals surface area contributed by atoms with Crippen molar-refractivity contribution >= 4 is 17.2 Å². The lowest BCUT2D eigenvalue weighted by molar-refractivity contribution is 0.0747. The van der Waals surface area contributed by atoms with E-state index in [0.717, 1.165) is 19.4 Å². The molecule has 0 spiro atoms. The minimum Gasteiger partial charge on any atom is -0.334 e. The Morgan fingerprint density at radius 1 is 1.77 bits per heavy atom. The van der Waals surface area contributed by atoms with Crippen molar-refractivity contribution in [3.8, 4) is 0 Å². The van der Waals surface area contributed by atoms with E-state index < -0.39 is 0 Å². The number of amides is 1. The Morgan fingerprint density at radius 2 is 2.62 bits per heavy atom. The van der Waals surface area contributed by atoms with Gasteiger partial charge >= 0.3 is 0 Å². The molecule has 0 aromatic carbocycles. The molecule has 3 nitrogen and oxygen atoms in total. The average Bonchev–Trinajstić information content (AvgIpc) is 2.72. The molecule has 1 atom stereocenters. The first kappa shape index (κ1) is 8.69. The van der Waals surface area contributed by atoms with Gasteiger partial charge in [-0.05, 0) is 19.8 Å². The second-order valence-electron chi connectivity index (χ2n) is 3.33. The number of likely N-dealkylation sites (tertiary alicyclic amines) is 1. The molecule has 1 fully saturated rings. The minimum absolute atomic E-state index is 0.0972. The monoisotopic (exact) mass is 196 g/mol. The van der Waals surface area contributed by atoms with E-state index >= 15 is 0 Å². The van der Waals surface area contributed by atoms with Crippen molar-refractivity contribution in [2.24, 2.45) is 0 Å². The number of carbonyl (C=O) groups is 1. The Bertz CT molecular complexity index is 297. The Hall–Kier alpha value is -0.900. The first-order valence-corrected chi connectivity index (χ1v) is 5.37. The number of carbonyl (C=O) groups excluding carboxylic acids is 1. The van der Waals surface area contributed by atoms with Crippen molar-refractivity contribution in [2.45, 2.75) is 25.8 Å². The molecular weight excluding hydrogens is 184 g/mol. The molecule has 0 radical (unpaired) electrons. The quantitative estimate of drug-likeness (QED) is 0.685. The molecule has 0 bridgehead atoms. The highest BCUT2D eigenvalue weighted by Crippen LogP contribution is 2.19. The number of nitrogens with zero attached hydrogens (tertiary/aromatic N) is 2. The van der Waals surface area contributed by atoms with Gasteiger partial charge in [-0.2, -0.15) is 0 Å². The second-order valence-corrected chi connectivity index (χ2v) is 4.22. The predicted octanol–water partition coefficient (Wildman–Crippen LogP) is 1.77. The average molecular weight is 196 g/mol. The summed E-state index contributed by atoms with van der Waals surface area (Å²) >= 11 is 1.42. The summed E-state index contributed by atoms with van der Waals surface area (Å²) in [6.07, 6.45) is 3.92. The first-order chi connectivity index (χ1) is 6.29. The van der Waals surface area contributed by atoms with Gasteiger partial charge < -0.3 is 4.90 Å². The molecule has 0 N–H and O–H groups in total. The van der Waals surface area contributed by atoms with Gasteiger partial charge in [-0.25, -0.2) is 4.98 Å². The van der Waals surface area contributed by atoms with E-state index in [-0.39, 0.29) is 5.91 Å². The molecule has 1 aromatic heterocycles. The molecule has 0 aliphatic carbocycles. The van der Waals surface area contributed by atoms with Crippen molar-refractivity contribution < 1.29 is 4.79 Å². The summed E-state index contributed by atoms with van der Waals surface area (Å²) < 4.78 is 0. The van der Waals surface area contributed by atoms with Gasteiger partial charge in [-0.1, -0.05) is 0 Å². The Balaban J connectivity index is 2.13. The van der Waals surface area contributed by atoms with E-state index in [1.165, 1.54) is 11.3 Å². The third kappa shape index (κ3) is 1.58. The molecule has 1 unspecified atom stereocenters. The van der Waals surface area contributed by atoms with Gasteiger partial charge in [0, 0.05) is 24.2 Å². The smallest absolute Gasteiger partial charge is 0.283 e. The van der Waals surface area contributed by atoms with Gasteiger partial charge in [0.05, 0.1) is 0 Å². The van der Waals surface area contributed by atoms with E-state index in [0.29, 0.717) is 11.0 Å². The molecule has 1 aliphatic heterocycles. The minimum atomic E-state index is 0.0972. The summed E-state index contributed by atoms with van der Waals surface area (Å²) in [7, 11) is 0. The highest BCUT2D eigenvalue weighted by atomic mass is 32.1. The van der Waals surface area contributed by atoms with Crippen LogP contribution in [0.1, 0.15) is 29.6 Å². The maximum Gasteiger partial charge on any atom is 0.283 e. The summed E-state index contributed by atoms with van der Waals surface area (Å²) in [6.45, 7) is 2.98. The number of rotatable bonds is 1. The molecule has 70 valence electrons. The summed E-state index contributed by atoms with van der Waals surface area (Å²) in [4.78, 5) is 17.7. The summed E-state index contributed by atoms with van der Waals surface area (Å²) in [6, 6.07) is 0.386. The number of hydrogen-bond donors (Lipinski definition) is 0. The van der Waals surface area contributed by atoms with Crippen molar-refractivity contribution in [3.05, 3.63) is 16.6 Å². The molecule has 0 saturated carbocycles. The highest BCUT2D eigenvalue weighted by molar-refractivity contribution is 7.11. The van der Waals surface area contributed by atoms with Crippen molar-refractivity contribution in [3.63, 3.8) is 0 Å². The summed E-state index contributed by atoms with van der Waals surface area (Å²) in [5, 5.41) is 2.46. The molecule has 1 saturated heterocycles. The fourth-order valence-electron chi connectivity index (χ4n) is 1.69. The van der Waals surface area contributed by atoms with E-state index in [1.807, 2.05) is 10.3 Å². The van der Waals surface area contributed by atoms with E-state index in [1.54, 1.807) is 6.20 Å². The van der Waals surface area contributed by atoms with Crippen LogP contribution in [0.5, 0.6) is 0 Å². The first-order valence-electron chi connectivity index (χ1n) is 4.49. The Morgan fingerprint density at radius 3 is 3.15 bits per heavy atom. The van der Waals surface area contributed by atoms with Gasteiger partial charge in [0.1, 0.15) is 0 Å². The predicted molar refractivity (Wildman–Crippen MR) is 51.8 cm³/mol. The third-order valence-electron chi connectivity index (χ3n) is 2.43. The molecular formula is C9H12N2OS. The number of thiazole rings is 1. The zero-order valence-corrected chi connectivity index (χ0v) is 8.38.